The summed E-state index contributed by atoms with van der Waals surface area (Å²) in [6.45, 7) is 2.33. The van der Waals surface area contributed by atoms with Gasteiger partial charge in [0, 0.05) is 24.8 Å². The lowest BCUT2D eigenvalue weighted by Gasteiger charge is -2.36. The van der Waals surface area contributed by atoms with E-state index in [0.29, 0.717) is 24.0 Å². The first-order valence-corrected chi connectivity index (χ1v) is 11.8. The van der Waals surface area contributed by atoms with Crippen LogP contribution in [0.4, 0.5) is 19.0 Å². The first-order chi connectivity index (χ1) is 15.8. The minimum absolute atomic E-state index is 0.0717. The molecule has 33 heavy (non-hydrogen) atoms. The molecule has 1 saturated carbocycles. The number of hydrogen-bond donors (Lipinski definition) is 1. The first kappa shape index (κ1) is 21.9. The van der Waals surface area contributed by atoms with Gasteiger partial charge in [0.05, 0.1) is 15.4 Å². The van der Waals surface area contributed by atoms with E-state index < -0.39 is 11.7 Å². The van der Waals surface area contributed by atoms with Crippen molar-refractivity contribution in [3.63, 3.8) is 0 Å². The molecule has 1 saturated heterocycles. The van der Waals surface area contributed by atoms with Crippen LogP contribution in [-0.2, 0) is 6.18 Å². The summed E-state index contributed by atoms with van der Waals surface area (Å²) in [5, 5.41) is 3.97. The number of thiazole rings is 1. The number of anilines is 1. The Labute approximate surface area is 193 Å². The minimum atomic E-state index is -4.42. The van der Waals surface area contributed by atoms with Crippen LogP contribution in [0.2, 0.25) is 0 Å². The number of benzene rings is 1. The Balaban J connectivity index is 1.35. The lowest BCUT2D eigenvalue weighted by molar-refractivity contribution is -0.137. The van der Waals surface area contributed by atoms with Gasteiger partial charge in [0.1, 0.15) is 11.5 Å². The highest BCUT2D eigenvalue weighted by Gasteiger charge is 2.50. The van der Waals surface area contributed by atoms with E-state index in [9.17, 15) is 18.0 Å². The van der Waals surface area contributed by atoms with E-state index in [1.807, 2.05) is 42.2 Å². The number of hydrogen-bond acceptors (Lipinski definition) is 5. The summed E-state index contributed by atoms with van der Waals surface area (Å²) in [6.07, 6.45) is -0.716. The SMILES string of the molecule is Cc1nc(C(=O)N2C3C[C@H]3CC[C@H]2CNc2ccc(C(F)(F)F)cn2)c(-c2ccccc2)s1. The molecule has 0 bridgehead atoms. The third-order valence-electron chi connectivity index (χ3n) is 6.32. The van der Waals surface area contributed by atoms with Gasteiger partial charge in [0.15, 0.2) is 0 Å². The largest absolute Gasteiger partial charge is 0.417 e. The van der Waals surface area contributed by atoms with Gasteiger partial charge in [-0.15, -0.1) is 11.3 Å². The fourth-order valence-electron chi connectivity index (χ4n) is 4.58. The predicted molar refractivity (Wildman–Crippen MR) is 121 cm³/mol. The molecular formula is C24H23F3N4OS. The zero-order valence-electron chi connectivity index (χ0n) is 18.0. The number of halogens is 3. The van der Waals surface area contributed by atoms with Gasteiger partial charge in [0.25, 0.3) is 5.91 Å². The van der Waals surface area contributed by atoms with E-state index in [1.54, 1.807) is 0 Å². The number of nitrogens with one attached hydrogen (secondary N) is 1. The number of carbonyl (C=O) groups excluding carboxylic acids is 1. The summed E-state index contributed by atoms with van der Waals surface area (Å²) in [5.74, 6) is 0.815. The molecule has 2 aliphatic rings. The molecule has 172 valence electrons. The number of likely N-dealkylation sites (tertiary alicyclic amines) is 1. The summed E-state index contributed by atoms with van der Waals surface area (Å²) in [4.78, 5) is 25.0. The molecule has 2 fully saturated rings. The Morgan fingerprint density at radius 3 is 2.67 bits per heavy atom. The van der Waals surface area contributed by atoms with Crippen LogP contribution in [0.25, 0.3) is 10.4 Å². The maximum Gasteiger partial charge on any atom is 0.417 e. The van der Waals surface area contributed by atoms with Crippen molar-refractivity contribution in [2.24, 2.45) is 5.92 Å². The molecule has 3 aromatic rings. The average molecular weight is 473 g/mol. The third kappa shape index (κ3) is 4.46. The van der Waals surface area contributed by atoms with Gasteiger partial charge in [-0.05, 0) is 49.8 Å². The van der Waals surface area contributed by atoms with Crippen molar-refractivity contribution in [1.82, 2.24) is 14.9 Å². The zero-order chi connectivity index (χ0) is 23.2. The smallest absolute Gasteiger partial charge is 0.368 e. The standard InChI is InChI=1S/C24H23F3N4OS/c1-14-30-21(22(33-14)15-5-3-2-4-6-15)23(32)31-18(9-7-16-11-19(16)31)13-29-20-10-8-17(12-28-20)24(25,26)27/h2-6,8,10,12,16,18-19H,7,9,11,13H2,1H3,(H,28,29)/t16-,18+,19?/m1/s1. The number of carbonyl (C=O) groups is 1. The summed E-state index contributed by atoms with van der Waals surface area (Å²) in [7, 11) is 0. The van der Waals surface area contributed by atoms with Crippen molar-refractivity contribution in [1.29, 1.82) is 0 Å². The number of piperidine rings is 1. The summed E-state index contributed by atoms with van der Waals surface area (Å²) < 4.78 is 38.4. The third-order valence-corrected chi connectivity index (χ3v) is 7.34. The Bertz CT molecular complexity index is 1150. The van der Waals surface area contributed by atoms with Crippen LogP contribution < -0.4 is 5.32 Å². The number of nitrogens with zero attached hydrogens (tertiary/aromatic N) is 3. The van der Waals surface area contributed by atoms with Gasteiger partial charge >= 0.3 is 6.18 Å². The van der Waals surface area contributed by atoms with Gasteiger partial charge < -0.3 is 10.2 Å². The van der Waals surface area contributed by atoms with Crippen molar-refractivity contribution < 1.29 is 18.0 Å². The van der Waals surface area contributed by atoms with Crippen LogP contribution in [-0.4, -0.2) is 39.4 Å². The van der Waals surface area contributed by atoms with Gasteiger partial charge in [-0.3, -0.25) is 4.79 Å². The second-order valence-corrected chi connectivity index (χ2v) is 9.80. The molecule has 1 aromatic carbocycles. The Morgan fingerprint density at radius 2 is 1.97 bits per heavy atom. The van der Waals surface area contributed by atoms with Gasteiger partial charge in [-0.1, -0.05) is 30.3 Å². The highest BCUT2D eigenvalue weighted by Crippen LogP contribution is 2.46. The van der Waals surface area contributed by atoms with Gasteiger partial charge in [-0.25, -0.2) is 9.97 Å². The van der Waals surface area contributed by atoms with Crippen LogP contribution in [0.5, 0.6) is 0 Å². The van der Waals surface area contributed by atoms with E-state index in [4.69, 9.17) is 0 Å². The quantitative estimate of drug-likeness (QED) is 0.522. The van der Waals surface area contributed by atoms with Crippen molar-refractivity contribution in [3.8, 4) is 10.4 Å². The molecule has 3 atom stereocenters. The normalized spacial score (nSPS) is 22.1. The predicted octanol–water partition coefficient (Wildman–Crippen LogP) is 5.64. The topological polar surface area (TPSA) is 58.1 Å². The highest BCUT2D eigenvalue weighted by atomic mass is 32.1. The number of fused-ring (bicyclic) bond motifs is 1. The molecule has 1 unspecified atom stereocenters. The maximum absolute atomic E-state index is 13.7. The van der Waals surface area contributed by atoms with E-state index in [0.717, 1.165) is 47.0 Å². The maximum atomic E-state index is 13.7. The number of rotatable bonds is 5. The molecule has 1 aliphatic carbocycles. The summed E-state index contributed by atoms with van der Waals surface area (Å²) >= 11 is 1.51. The van der Waals surface area contributed by atoms with Crippen LogP contribution >= 0.6 is 11.3 Å². The van der Waals surface area contributed by atoms with Crippen LogP contribution in [0.15, 0.2) is 48.7 Å². The van der Waals surface area contributed by atoms with Gasteiger partial charge in [0.2, 0.25) is 0 Å². The highest BCUT2D eigenvalue weighted by molar-refractivity contribution is 7.15. The number of aryl methyl sites for hydroxylation is 1. The van der Waals surface area contributed by atoms with Crippen molar-refractivity contribution in [2.75, 3.05) is 11.9 Å². The molecule has 3 heterocycles. The lowest BCUT2D eigenvalue weighted by Crippen LogP contribution is -2.48. The van der Waals surface area contributed by atoms with Crippen LogP contribution in [0, 0.1) is 12.8 Å². The summed E-state index contributed by atoms with van der Waals surface area (Å²) in [5.41, 5.74) is 0.670. The van der Waals surface area contributed by atoms with E-state index in [-0.39, 0.29) is 18.0 Å². The Morgan fingerprint density at radius 1 is 1.18 bits per heavy atom. The van der Waals surface area contributed by atoms with Crippen LogP contribution in [0.1, 0.15) is 40.3 Å². The second-order valence-electron chi connectivity index (χ2n) is 8.59. The lowest BCUT2D eigenvalue weighted by atomic mass is 10.0. The van der Waals surface area contributed by atoms with E-state index in [1.165, 1.54) is 17.4 Å². The number of aromatic nitrogens is 2. The Hall–Kier alpha value is -2.94. The minimum Gasteiger partial charge on any atom is -0.368 e. The number of amides is 1. The fraction of sp³-hybridized carbons (Fsp3) is 0.375. The molecule has 1 aliphatic heterocycles. The monoisotopic (exact) mass is 472 g/mol. The molecule has 9 heteroatoms. The Kier molecular flexibility index (Phi) is 5.60. The van der Waals surface area contributed by atoms with E-state index >= 15 is 0 Å². The first-order valence-electron chi connectivity index (χ1n) is 10.9. The van der Waals surface area contributed by atoms with Crippen molar-refractivity contribution in [3.05, 3.63) is 64.9 Å². The van der Waals surface area contributed by atoms with Gasteiger partial charge in [-0.2, -0.15) is 13.2 Å². The molecular weight excluding hydrogens is 449 g/mol. The molecule has 0 radical (unpaired) electrons. The summed E-state index contributed by atoms with van der Waals surface area (Å²) in [6, 6.07) is 12.3. The second kappa shape index (κ2) is 8.44. The molecule has 0 spiro atoms. The molecule has 5 nitrogen and oxygen atoms in total. The fourth-order valence-corrected chi connectivity index (χ4v) is 5.50. The average Bonchev–Trinajstić information content (AvgIpc) is 3.49. The molecule has 5 rings (SSSR count). The molecule has 1 N–H and O–H groups in total. The number of alkyl halides is 3. The molecule has 1 amide bonds. The molecule has 2 aromatic heterocycles. The van der Waals surface area contributed by atoms with E-state index in [2.05, 4.69) is 15.3 Å². The van der Waals surface area contributed by atoms with Crippen molar-refractivity contribution >= 4 is 23.1 Å². The van der Waals surface area contributed by atoms with Crippen molar-refractivity contribution in [2.45, 2.75) is 44.4 Å². The zero-order valence-corrected chi connectivity index (χ0v) is 18.8. The van der Waals surface area contributed by atoms with Crippen LogP contribution in [0.3, 0.4) is 0 Å². The number of pyridine rings is 1.